The minimum atomic E-state index is -0.329. The van der Waals surface area contributed by atoms with E-state index < -0.39 is 0 Å². The maximum atomic E-state index is 13.1. The summed E-state index contributed by atoms with van der Waals surface area (Å²) in [7, 11) is 0. The van der Waals surface area contributed by atoms with E-state index in [-0.39, 0.29) is 11.6 Å². The van der Waals surface area contributed by atoms with Crippen LogP contribution in [0.25, 0.3) is 17.0 Å². The van der Waals surface area contributed by atoms with Crippen molar-refractivity contribution in [1.82, 2.24) is 14.6 Å². The summed E-state index contributed by atoms with van der Waals surface area (Å²) in [5, 5.41) is 13.5. The van der Waals surface area contributed by atoms with Gasteiger partial charge in [0.1, 0.15) is 11.6 Å². The molecule has 0 amide bonds. The normalized spacial score (nSPS) is 10.9. The quantitative estimate of drug-likeness (QED) is 0.696. The smallest absolute Gasteiger partial charge is 0.182 e. The van der Waals surface area contributed by atoms with Crippen molar-refractivity contribution in [2.45, 2.75) is 0 Å². The van der Waals surface area contributed by atoms with Gasteiger partial charge in [-0.05, 0) is 24.3 Å². The number of aromatic hydroxyl groups is 1. The van der Waals surface area contributed by atoms with Crippen LogP contribution in [0.15, 0.2) is 42.6 Å². The van der Waals surface area contributed by atoms with E-state index in [4.69, 9.17) is 0 Å². The van der Waals surface area contributed by atoms with E-state index in [2.05, 4.69) is 10.1 Å². The van der Waals surface area contributed by atoms with Gasteiger partial charge in [-0.2, -0.15) is 0 Å². The lowest BCUT2D eigenvalue weighted by atomic mass is 10.2. The molecule has 17 heavy (non-hydrogen) atoms. The highest BCUT2D eigenvalue weighted by atomic mass is 19.1. The Labute approximate surface area is 96.0 Å². The summed E-state index contributed by atoms with van der Waals surface area (Å²) in [5.74, 6) is 0.201. The molecule has 0 bridgehead atoms. The summed E-state index contributed by atoms with van der Waals surface area (Å²) in [4.78, 5) is 4.24. The first kappa shape index (κ1) is 9.77. The molecule has 0 aliphatic heterocycles. The highest BCUT2D eigenvalue weighted by molar-refractivity contribution is 5.58. The van der Waals surface area contributed by atoms with E-state index >= 15 is 0 Å². The number of pyridine rings is 1. The minimum absolute atomic E-state index is 0.105. The number of aromatic nitrogens is 3. The number of hydrogen-bond acceptors (Lipinski definition) is 3. The Morgan fingerprint density at radius 1 is 1.18 bits per heavy atom. The van der Waals surface area contributed by atoms with Crippen LogP contribution in [0.2, 0.25) is 0 Å². The van der Waals surface area contributed by atoms with E-state index in [1.165, 1.54) is 28.9 Å². The van der Waals surface area contributed by atoms with Crippen LogP contribution < -0.4 is 0 Å². The third-order valence-electron chi connectivity index (χ3n) is 2.40. The van der Waals surface area contributed by atoms with Gasteiger partial charge < -0.3 is 5.11 Å². The number of rotatable bonds is 1. The molecule has 4 nitrogen and oxygen atoms in total. The Balaban J connectivity index is 2.18. The summed E-state index contributed by atoms with van der Waals surface area (Å²) in [6.07, 6.45) is 1.45. The van der Waals surface area contributed by atoms with Crippen LogP contribution in [0.3, 0.4) is 0 Å². The molecule has 0 radical (unpaired) electrons. The van der Waals surface area contributed by atoms with Gasteiger partial charge in [-0.15, -0.1) is 5.10 Å². The average molecular weight is 229 g/mol. The zero-order valence-corrected chi connectivity index (χ0v) is 8.71. The number of hydrogen-bond donors (Lipinski definition) is 1. The molecule has 2 heterocycles. The van der Waals surface area contributed by atoms with Crippen molar-refractivity contribution in [3.63, 3.8) is 0 Å². The van der Waals surface area contributed by atoms with Gasteiger partial charge in [-0.25, -0.2) is 13.9 Å². The van der Waals surface area contributed by atoms with Crippen molar-refractivity contribution in [2.75, 3.05) is 0 Å². The maximum absolute atomic E-state index is 13.1. The molecule has 3 aromatic rings. The van der Waals surface area contributed by atoms with Gasteiger partial charge in [0.15, 0.2) is 11.5 Å². The zero-order valence-electron chi connectivity index (χ0n) is 8.71. The van der Waals surface area contributed by atoms with Crippen molar-refractivity contribution in [2.24, 2.45) is 0 Å². The molecule has 1 N–H and O–H groups in total. The molecule has 0 aliphatic rings. The van der Waals surface area contributed by atoms with Crippen LogP contribution in [0, 0.1) is 5.82 Å². The number of halogens is 1. The topological polar surface area (TPSA) is 50.4 Å². The molecule has 1 aromatic carbocycles. The van der Waals surface area contributed by atoms with Crippen molar-refractivity contribution < 1.29 is 9.50 Å². The molecule has 0 unspecified atom stereocenters. The third-order valence-corrected chi connectivity index (χ3v) is 2.40. The molecule has 0 saturated carbocycles. The molecular formula is C12H8FN3O. The second-order valence-electron chi connectivity index (χ2n) is 3.64. The van der Waals surface area contributed by atoms with Crippen LogP contribution in [-0.4, -0.2) is 19.7 Å². The van der Waals surface area contributed by atoms with Gasteiger partial charge in [-0.1, -0.05) is 12.1 Å². The second-order valence-corrected chi connectivity index (χ2v) is 3.64. The maximum Gasteiger partial charge on any atom is 0.182 e. The fraction of sp³-hybridized carbons (Fsp3) is 0. The molecule has 0 aliphatic carbocycles. The molecule has 3 rings (SSSR count). The van der Waals surface area contributed by atoms with Crippen LogP contribution >= 0.6 is 0 Å². The summed E-state index contributed by atoms with van der Waals surface area (Å²) in [6.45, 7) is 0. The first-order chi connectivity index (χ1) is 8.22. The first-order valence-corrected chi connectivity index (χ1v) is 5.04. The van der Waals surface area contributed by atoms with E-state index in [1.54, 1.807) is 18.2 Å². The van der Waals surface area contributed by atoms with Gasteiger partial charge in [0.05, 0.1) is 6.20 Å². The SMILES string of the molecule is Oc1ccc2nc(-c3cccc(F)c3)nn2c1. The molecule has 0 atom stereocenters. The lowest BCUT2D eigenvalue weighted by molar-refractivity contribution is 0.470. The first-order valence-electron chi connectivity index (χ1n) is 5.04. The average Bonchev–Trinajstić information content (AvgIpc) is 2.72. The van der Waals surface area contributed by atoms with Crippen molar-refractivity contribution in [1.29, 1.82) is 0 Å². The van der Waals surface area contributed by atoms with Crippen molar-refractivity contribution in [3.05, 3.63) is 48.4 Å². The van der Waals surface area contributed by atoms with Gasteiger partial charge in [0.25, 0.3) is 0 Å². The second kappa shape index (κ2) is 3.55. The van der Waals surface area contributed by atoms with E-state index in [9.17, 15) is 9.50 Å². The van der Waals surface area contributed by atoms with Crippen LogP contribution in [0.1, 0.15) is 0 Å². The molecule has 0 spiro atoms. The Hall–Kier alpha value is -2.43. The van der Waals surface area contributed by atoms with Crippen LogP contribution in [0.5, 0.6) is 5.75 Å². The Morgan fingerprint density at radius 2 is 2.06 bits per heavy atom. The zero-order chi connectivity index (χ0) is 11.8. The van der Waals surface area contributed by atoms with E-state index in [0.717, 1.165) is 0 Å². The summed E-state index contributed by atoms with van der Waals surface area (Å²) in [6, 6.07) is 9.25. The van der Waals surface area contributed by atoms with Gasteiger partial charge in [0, 0.05) is 5.56 Å². The largest absolute Gasteiger partial charge is 0.506 e. The molecular weight excluding hydrogens is 221 g/mol. The van der Waals surface area contributed by atoms with Gasteiger partial charge >= 0.3 is 0 Å². The van der Waals surface area contributed by atoms with Crippen molar-refractivity contribution in [3.8, 4) is 17.1 Å². The summed E-state index contributed by atoms with van der Waals surface area (Å²) in [5.41, 5.74) is 1.20. The summed E-state index contributed by atoms with van der Waals surface area (Å²) >= 11 is 0. The molecule has 5 heteroatoms. The predicted molar refractivity (Wildman–Crippen MR) is 60.0 cm³/mol. The Kier molecular flexibility index (Phi) is 2.04. The molecule has 84 valence electrons. The minimum Gasteiger partial charge on any atom is -0.506 e. The monoisotopic (exact) mass is 229 g/mol. The fourth-order valence-corrected chi connectivity index (χ4v) is 1.62. The highest BCUT2D eigenvalue weighted by Crippen LogP contribution is 2.18. The highest BCUT2D eigenvalue weighted by Gasteiger charge is 2.07. The number of benzene rings is 1. The van der Waals surface area contributed by atoms with Crippen molar-refractivity contribution >= 4 is 5.65 Å². The van der Waals surface area contributed by atoms with Gasteiger partial charge in [0.2, 0.25) is 0 Å². The van der Waals surface area contributed by atoms with Gasteiger partial charge in [-0.3, -0.25) is 0 Å². The fourth-order valence-electron chi connectivity index (χ4n) is 1.62. The number of nitrogens with zero attached hydrogens (tertiary/aromatic N) is 3. The molecule has 0 saturated heterocycles. The Morgan fingerprint density at radius 3 is 2.88 bits per heavy atom. The third kappa shape index (κ3) is 1.71. The van der Waals surface area contributed by atoms with E-state index in [1.807, 2.05) is 0 Å². The Bertz CT molecular complexity index is 693. The van der Waals surface area contributed by atoms with Crippen LogP contribution in [-0.2, 0) is 0 Å². The lowest BCUT2D eigenvalue weighted by Gasteiger charge is -1.93. The molecule has 0 fully saturated rings. The standard InChI is InChI=1S/C12H8FN3O/c13-9-3-1-2-8(6-9)12-14-11-5-4-10(17)7-16(11)15-12/h1-7,17H. The lowest BCUT2D eigenvalue weighted by Crippen LogP contribution is -1.86. The van der Waals surface area contributed by atoms with E-state index in [0.29, 0.717) is 17.0 Å². The van der Waals surface area contributed by atoms with Crippen LogP contribution in [0.4, 0.5) is 4.39 Å². The summed E-state index contributed by atoms with van der Waals surface area (Å²) < 4.78 is 14.5. The number of fused-ring (bicyclic) bond motifs is 1. The predicted octanol–water partition coefficient (Wildman–Crippen LogP) is 2.24. The molecule has 2 aromatic heterocycles.